The normalized spacial score (nSPS) is 15.4. The average molecular weight is 236 g/mol. The first kappa shape index (κ1) is 11.6. The summed E-state index contributed by atoms with van der Waals surface area (Å²) in [7, 11) is 0. The van der Waals surface area contributed by atoms with Crippen molar-refractivity contribution in [2.24, 2.45) is 0 Å². The van der Waals surface area contributed by atoms with Gasteiger partial charge in [-0.1, -0.05) is 11.6 Å². The molecule has 0 saturated heterocycles. The van der Waals surface area contributed by atoms with Crippen molar-refractivity contribution in [2.75, 3.05) is 6.54 Å². The van der Waals surface area contributed by atoms with Gasteiger partial charge >= 0.3 is 5.69 Å². The van der Waals surface area contributed by atoms with Crippen LogP contribution < -0.4 is 11.0 Å². The maximum atomic E-state index is 11.5. The van der Waals surface area contributed by atoms with E-state index < -0.39 is 5.69 Å². The summed E-state index contributed by atoms with van der Waals surface area (Å²) < 4.78 is 0. The third-order valence-electron chi connectivity index (χ3n) is 2.83. The van der Waals surface area contributed by atoms with E-state index in [1.807, 2.05) is 0 Å². The molecule has 0 radical (unpaired) electrons. The van der Waals surface area contributed by atoms with Crippen LogP contribution in [0.2, 0.25) is 0 Å². The van der Waals surface area contributed by atoms with Gasteiger partial charge in [0.15, 0.2) is 0 Å². The van der Waals surface area contributed by atoms with Crippen LogP contribution in [0.15, 0.2) is 16.4 Å². The Balaban J connectivity index is 1.77. The van der Waals surface area contributed by atoms with Crippen molar-refractivity contribution < 1.29 is 4.79 Å². The van der Waals surface area contributed by atoms with Gasteiger partial charge in [0.05, 0.1) is 0 Å². The molecule has 0 saturated carbocycles. The first-order valence-electron chi connectivity index (χ1n) is 5.86. The molecule has 0 spiro atoms. The Labute approximate surface area is 98.5 Å². The Hall–Kier alpha value is -1.85. The van der Waals surface area contributed by atoms with Gasteiger partial charge in [0.25, 0.3) is 5.91 Å². The molecular formula is C11H16N4O2. The average Bonchev–Trinajstić information content (AvgIpc) is 2.77. The molecule has 0 aromatic carbocycles. The Morgan fingerprint density at radius 1 is 1.47 bits per heavy atom. The van der Waals surface area contributed by atoms with Gasteiger partial charge in [0, 0.05) is 6.54 Å². The van der Waals surface area contributed by atoms with Crippen molar-refractivity contribution in [2.45, 2.75) is 32.1 Å². The van der Waals surface area contributed by atoms with Crippen LogP contribution in [0.5, 0.6) is 0 Å². The summed E-state index contributed by atoms with van der Waals surface area (Å²) in [6.07, 6.45) is 7.92. The monoisotopic (exact) mass is 236 g/mol. The number of rotatable bonds is 4. The van der Waals surface area contributed by atoms with Crippen molar-refractivity contribution in [1.82, 2.24) is 20.5 Å². The molecule has 17 heavy (non-hydrogen) atoms. The van der Waals surface area contributed by atoms with Crippen LogP contribution >= 0.6 is 0 Å². The molecule has 0 atom stereocenters. The summed E-state index contributed by atoms with van der Waals surface area (Å²) in [5, 5.41) is 8.44. The van der Waals surface area contributed by atoms with Crippen LogP contribution in [0.25, 0.3) is 0 Å². The standard InChI is InChI=1S/C11H16N4O2/c16-10(9-13-11(17)15-14-9)12-7-6-8-4-2-1-3-5-8/h4H,1-3,5-7H2,(H,12,16)(H2,13,14,15,17). The fourth-order valence-corrected chi connectivity index (χ4v) is 1.93. The Morgan fingerprint density at radius 2 is 2.35 bits per heavy atom. The van der Waals surface area contributed by atoms with Crippen LogP contribution in [0.3, 0.4) is 0 Å². The number of nitrogens with one attached hydrogen (secondary N) is 3. The van der Waals surface area contributed by atoms with Crippen molar-refractivity contribution in [3.8, 4) is 0 Å². The number of hydrogen-bond donors (Lipinski definition) is 3. The van der Waals surface area contributed by atoms with E-state index in [1.165, 1.54) is 18.4 Å². The predicted octanol–water partition coefficient (Wildman–Crippen LogP) is 0.718. The molecule has 0 bridgehead atoms. The zero-order valence-electron chi connectivity index (χ0n) is 9.58. The summed E-state index contributed by atoms with van der Waals surface area (Å²) in [6.45, 7) is 0.583. The lowest BCUT2D eigenvalue weighted by atomic mass is 9.97. The molecule has 1 aromatic heterocycles. The number of carbonyl (C=O) groups is 1. The highest BCUT2D eigenvalue weighted by Crippen LogP contribution is 2.19. The third kappa shape index (κ3) is 3.30. The van der Waals surface area contributed by atoms with Gasteiger partial charge in [-0.3, -0.25) is 9.78 Å². The highest BCUT2D eigenvalue weighted by Gasteiger charge is 2.09. The zero-order chi connectivity index (χ0) is 12.1. The van der Waals surface area contributed by atoms with Gasteiger partial charge in [-0.25, -0.2) is 9.89 Å². The van der Waals surface area contributed by atoms with Gasteiger partial charge in [-0.15, -0.1) is 5.10 Å². The minimum atomic E-state index is -0.467. The number of aromatic nitrogens is 3. The summed E-state index contributed by atoms with van der Waals surface area (Å²) in [5.74, 6) is -0.313. The lowest BCUT2D eigenvalue weighted by Crippen LogP contribution is -2.26. The number of nitrogens with zero attached hydrogens (tertiary/aromatic N) is 1. The van der Waals surface area contributed by atoms with E-state index in [4.69, 9.17) is 0 Å². The molecule has 6 heteroatoms. The fourth-order valence-electron chi connectivity index (χ4n) is 1.93. The molecular weight excluding hydrogens is 220 g/mol. The molecule has 1 aromatic rings. The molecule has 1 heterocycles. The van der Waals surface area contributed by atoms with Gasteiger partial charge in [-0.2, -0.15) is 0 Å². The summed E-state index contributed by atoms with van der Waals surface area (Å²) in [4.78, 5) is 24.6. The predicted molar refractivity (Wildman–Crippen MR) is 62.7 cm³/mol. The first-order chi connectivity index (χ1) is 8.25. The minimum Gasteiger partial charge on any atom is -0.349 e. The molecule has 0 unspecified atom stereocenters. The van der Waals surface area contributed by atoms with E-state index in [0.29, 0.717) is 6.54 Å². The summed E-state index contributed by atoms with van der Waals surface area (Å²) in [5.41, 5.74) is 0.942. The molecule has 1 aliphatic rings. The number of carbonyl (C=O) groups excluding carboxylic acids is 1. The second kappa shape index (κ2) is 5.47. The largest absolute Gasteiger partial charge is 0.349 e. The van der Waals surface area contributed by atoms with Crippen molar-refractivity contribution >= 4 is 5.91 Å². The quantitative estimate of drug-likeness (QED) is 0.673. The number of aromatic amines is 2. The minimum absolute atomic E-state index is 0.0348. The van der Waals surface area contributed by atoms with Crippen LogP contribution in [-0.4, -0.2) is 27.6 Å². The molecule has 6 nitrogen and oxygen atoms in total. The van der Waals surface area contributed by atoms with Crippen LogP contribution in [0.1, 0.15) is 42.7 Å². The van der Waals surface area contributed by atoms with Crippen LogP contribution in [-0.2, 0) is 0 Å². The van der Waals surface area contributed by atoms with E-state index in [2.05, 4.69) is 26.6 Å². The van der Waals surface area contributed by atoms with E-state index in [1.54, 1.807) is 0 Å². The maximum Gasteiger partial charge on any atom is 0.341 e. The van der Waals surface area contributed by atoms with E-state index in [-0.39, 0.29) is 11.7 Å². The summed E-state index contributed by atoms with van der Waals surface area (Å²) >= 11 is 0. The van der Waals surface area contributed by atoms with Gasteiger partial charge < -0.3 is 5.32 Å². The van der Waals surface area contributed by atoms with Crippen molar-refractivity contribution in [3.05, 3.63) is 28.0 Å². The molecule has 0 fully saturated rings. The molecule has 1 aliphatic carbocycles. The Morgan fingerprint density at radius 3 is 3.00 bits per heavy atom. The zero-order valence-corrected chi connectivity index (χ0v) is 9.58. The smallest absolute Gasteiger partial charge is 0.341 e. The topological polar surface area (TPSA) is 90.6 Å². The Bertz CT molecular complexity index is 472. The summed E-state index contributed by atoms with van der Waals surface area (Å²) in [6, 6.07) is 0. The van der Waals surface area contributed by atoms with Crippen molar-refractivity contribution in [3.63, 3.8) is 0 Å². The second-order valence-corrected chi connectivity index (χ2v) is 4.14. The molecule has 2 rings (SSSR count). The van der Waals surface area contributed by atoms with E-state index in [9.17, 15) is 9.59 Å². The van der Waals surface area contributed by atoms with Crippen LogP contribution in [0, 0.1) is 0 Å². The molecule has 92 valence electrons. The lowest BCUT2D eigenvalue weighted by Gasteiger charge is -2.12. The molecule has 0 aliphatic heterocycles. The molecule has 3 N–H and O–H groups in total. The number of hydrogen-bond acceptors (Lipinski definition) is 3. The highest BCUT2D eigenvalue weighted by molar-refractivity contribution is 5.90. The SMILES string of the molecule is O=C(NCCC1=CCCCC1)c1n[nH]c(=O)[nH]1. The van der Waals surface area contributed by atoms with Gasteiger partial charge in [-0.05, 0) is 32.1 Å². The van der Waals surface area contributed by atoms with E-state index >= 15 is 0 Å². The second-order valence-electron chi connectivity index (χ2n) is 4.14. The number of allylic oxidation sites excluding steroid dienone is 1. The van der Waals surface area contributed by atoms with E-state index in [0.717, 1.165) is 19.3 Å². The lowest BCUT2D eigenvalue weighted by molar-refractivity contribution is 0.0944. The van der Waals surface area contributed by atoms with Gasteiger partial charge in [0.2, 0.25) is 5.82 Å². The fraction of sp³-hybridized carbons (Fsp3) is 0.545. The maximum absolute atomic E-state index is 11.5. The van der Waals surface area contributed by atoms with Gasteiger partial charge in [0.1, 0.15) is 0 Å². The Kier molecular flexibility index (Phi) is 3.74. The number of amides is 1. The highest BCUT2D eigenvalue weighted by atomic mass is 16.2. The van der Waals surface area contributed by atoms with Crippen molar-refractivity contribution in [1.29, 1.82) is 0 Å². The van der Waals surface area contributed by atoms with Crippen LogP contribution in [0.4, 0.5) is 0 Å². The number of H-pyrrole nitrogens is 2. The molecule has 1 amide bonds. The third-order valence-corrected chi connectivity index (χ3v) is 2.83. The first-order valence-corrected chi connectivity index (χ1v) is 5.86.